The topological polar surface area (TPSA) is 65.0 Å². The zero-order chi connectivity index (χ0) is 16.6. The van der Waals surface area contributed by atoms with Crippen molar-refractivity contribution in [2.45, 2.75) is 11.8 Å². The van der Waals surface area contributed by atoms with Gasteiger partial charge in [-0.15, -0.1) is 0 Å². The summed E-state index contributed by atoms with van der Waals surface area (Å²) in [6.07, 6.45) is 3.37. The van der Waals surface area contributed by atoms with Gasteiger partial charge in [-0.3, -0.25) is 9.78 Å². The number of benzene rings is 1. The lowest BCUT2D eigenvalue weighted by Crippen LogP contribution is -2.07. The van der Waals surface area contributed by atoms with Gasteiger partial charge in [0.1, 0.15) is 6.61 Å². The van der Waals surface area contributed by atoms with E-state index in [0.717, 1.165) is 17.0 Å². The molecular formula is C18H15N3O2S. The number of aromatic nitrogens is 3. The van der Waals surface area contributed by atoms with Crippen molar-refractivity contribution in [2.24, 2.45) is 0 Å². The molecule has 2 aromatic heterocycles. The van der Waals surface area contributed by atoms with Crippen molar-refractivity contribution in [3.8, 4) is 11.4 Å². The average molecular weight is 337 g/mol. The lowest BCUT2D eigenvalue weighted by Gasteiger charge is -2.05. The van der Waals surface area contributed by atoms with Crippen LogP contribution in [0.5, 0.6) is 0 Å². The molecule has 24 heavy (non-hydrogen) atoms. The number of esters is 1. The van der Waals surface area contributed by atoms with Crippen LogP contribution in [0.15, 0.2) is 72.1 Å². The molecule has 0 amide bonds. The van der Waals surface area contributed by atoms with Crippen LogP contribution in [0, 0.1) is 0 Å². The van der Waals surface area contributed by atoms with Gasteiger partial charge in [-0.1, -0.05) is 48.2 Å². The summed E-state index contributed by atoms with van der Waals surface area (Å²) in [4.78, 5) is 24.7. The normalized spacial score (nSPS) is 10.3. The molecule has 0 saturated heterocycles. The SMILES string of the molecule is O=C(CSc1nccc(-c2ccccn2)n1)OCc1ccccc1. The van der Waals surface area contributed by atoms with Gasteiger partial charge in [0, 0.05) is 12.4 Å². The Morgan fingerprint density at radius 2 is 1.75 bits per heavy atom. The summed E-state index contributed by atoms with van der Waals surface area (Å²) in [6.45, 7) is 0.273. The highest BCUT2D eigenvalue weighted by atomic mass is 32.2. The van der Waals surface area contributed by atoms with E-state index in [2.05, 4.69) is 15.0 Å². The predicted molar refractivity (Wildman–Crippen MR) is 92.2 cm³/mol. The van der Waals surface area contributed by atoms with Gasteiger partial charge in [0.05, 0.1) is 17.1 Å². The number of carbonyl (C=O) groups excluding carboxylic acids is 1. The molecule has 3 rings (SSSR count). The Balaban J connectivity index is 1.54. The van der Waals surface area contributed by atoms with E-state index in [1.807, 2.05) is 48.5 Å². The number of nitrogens with zero attached hydrogens (tertiary/aromatic N) is 3. The second-order valence-corrected chi connectivity index (χ2v) is 5.82. The molecule has 0 aliphatic carbocycles. The fraction of sp³-hybridized carbons (Fsp3) is 0.111. The highest BCUT2D eigenvalue weighted by Gasteiger charge is 2.08. The summed E-state index contributed by atoms with van der Waals surface area (Å²) < 4.78 is 5.24. The van der Waals surface area contributed by atoms with Crippen molar-refractivity contribution in [1.82, 2.24) is 15.0 Å². The molecule has 120 valence electrons. The molecule has 0 bridgehead atoms. The van der Waals surface area contributed by atoms with E-state index in [9.17, 15) is 4.79 Å². The van der Waals surface area contributed by atoms with Crippen LogP contribution in [-0.4, -0.2) is 26.7 Å². The second kappa shape index (κ2) is 8.21. The van der Waals surface area contributed by atoms with Crippen molar-refractivity contribution in [3.05, 3.63) is 72.6 Å². The first-order valence-corrected chi connectivity index (χ1v) is 8.36. The molecule has 2 heterocycles. The van der Waals surface area contributed by atoms with E-state index in [0.29, 0.717) is 5.16 Å². The number of ether oxygens (including phenoxy) is 1. The number of carbonyl (C=O) groups is 1. The minimum Gasteiger partial charge on any atom is -0.460 e. The van der Waals surface area contributed by atoms with Crippen LogP contribution in [0.4, 0.5) is 0 Å². The van der Waals surface area contributed by atoms with Crippen LogP contribution >= 0.6 is 11.8 Å². The highest BCUT2D eigenvalue weighted by molar-refractivity contribution is 7.99. The van der Waals surface area contributed by atoms with E-state index in [4.69, 9.17) is 4.74 Å². The van der Waals surface area contributed by atoms with Crippen LogP contribution in [-0.2, 0) is 16.1 Å². The lowest BCUT2D eigenvalue weighted by molar-refractivity contribution is -0.141. The number of rotatable bonds is 6. The molecule has 3 aromatic rings. The van der Waals surface area contributed by atoms with Gasteiger partial charge in [-0.2, -0.15) is 0 Å². The van der Waals surface area contributed by atoms with Gasteiger partial charge in [0.15, 0.2) is 5.16 Å². The first-order valence-electron chi connectivity index (χ1n) is 7.38. The summed E-state index contributed by atoms with van der Waals surface area (Å²) in [6, 6.07) is 17.0. The average Bonchev–Trinajstić information content (AvgIpc) is 2.66. The number of hydrogen-bond donors (Lipinski definition) is 0. The van der Waals surface area contributed by atoms with E-state index in [-0.39, 0.29) is 18.3 Å². The van der Waals surface area contributed by atoms with Gasteiger partial charge in [0.2, 0.25) is 0 Å². The molecule has 5 nitrogen and oxygen atoms in total. The van der Waals surface area contributed by atoms with Gasteiger partial charge < -0.3 is 4.74 Å². The van der Waals surface area contributed by atoms with Crippen LogP contribution in [0.1, 0.15) is 5.56 Å². The van der Waals surface area contributed by atoms with Gasteiger partial charge in [-0.05, 0) is 23.8 Å². The lowest BCUT2D eigenvalue weighted by atomic mass is 10.2. The quantitative estimate of drug-likeness (QED) is 0.390. The maximum Gasteiger partial charge on any atom is 0.316 e. The van der Waals surface area contributed by atoms with Crippen LogP contribution in [0.2, 0.25) is 0 Å². The molecule has 0 atom stereocenters. The number of pyridine rings is 1. The molecule has 0 unspecified atom stereocenters. The number of hydrogen-bond acceptors (Lipinski definition) is 6. The van der Waals surface area contributed by atoms with Gasteiger partial charge in [-0.25, -0.2) is 9.97 Å². The Morgan fingerprint density at radius 1 is 0.917 bits per heavy atom. The maximum absolute atomic E-state index is 11.8. The third kappa shape index (κ3) is 4.63. The van der Waals surface area contributed by atoms with Crippen molar-refractivity contribution in [3.63, 3.8) is 0 Å². The van der Waals surface area contributed by atoms with E-state index in [1.54, 1.807) is 18.5 Å². The molecule has 0 fully saturated rings. The fourth-order valence-corrected chi connectivity index (χ4v) is 2.60. The summed E-state index contributed by atoms with van der Waals surface area (Å²) in [5, 5.41) is 0.523. The Morgan fingerprint density at radius 3 is 2.54 bits per heavy atom. The second-order valence-electron chi connectivity index (χ2n) is 4.87. The molecule has 6 heteroatoms. The molecule has 0 radical (unpaired) electrons. The van der Waals surface area contributed by atoms with E-state index in [1.165, 1.54) is 11.8 Å². The Hall–Kier alpha value is -2.73. The third-order valence-electron chi connectivity index (χ3n) is 3.12. The zero-order valence-electron chi connectivity index (χ0n) is 12.8. The van der Waals surface area contributed by atoms with Crippen molar-refractivity contribution in [1.29, 1.82) is 0 Å². The molecule has 1 aromatic carbocycles. The summed E-state index contributed by atoms with van der Waals surface area (Å²) >= 11 is 1.25. The predicted octanol–water partition coefficient (Wildman–Crippen LogP) is 3.37. The van der Waals surface area contributed by atoms with Crippen molar-refractivity contribution < 1.29 is 9.53 Å². The minimum atomic E-state index is -0.296. The Labute approximate surface area is 144 Å². The molecule has 0 aliphatic rings. The Bertz CT molecular complexity index is 798. The fourth-order valence-electron chi connectivity index (χ4n) is 1.97. The maximum atomic E-state index is 11.8. The summed E-state index contributed by atoms with van der Waals surface area (Å²) in [5.74, 6) is -0.130. The zero-order valence-corrected chi connectivity index (χ0v) is 13.6. The standard InChI is InChI=1S/C18H15N3O2S/c22-17(23-12-14-6-2-1-3-7-14)13-24-18-20-11-9-16(21-18)15-8-4-5-10-19-15/h1-11H,12-13H2. The largest absolute Gasteiger partial charge is 0.460 e. The monoisotopic (exact) mass is 337 g/mol. The molecule has 0 N–H and O–H groups in total. The first kappa shape index (κ1) is 16.1. The minimum absolute atomic E-state index is 0.165. The highest BCUT2D eigenvalue weighted by Crippen LogP contribution is 2.18. The smallest absolute Gasteiger partial charge is 0.316 e. The van der Waals surface area contributed by atoms with Gasteiger partial charge >= 0.3 is 5.97 Å². The summed E-state index contributed by atoms with van der Waals surface area (Å²) in [7, 11) is 0. The molecular weight excluding hydrogens is 322 g/mol. The van der Waals surface area contributed by atoms with Crippen LogP contribution in [0.25, 0.3) is 11.4 Å². The van der Waals surface area contributed by atoms with E-state index >= 15 is 0 Å². The summed E-state index contributed by atoms with van der Waals surface area (Å²) in [5.41, 5.74) is 2.46. The van der Waals surface area contributed by atoms with E-state index < -0.39 is 0 Å². The van der Waals surface area contributed by atoms with Crippen molar-refractivity contribution >= 4 is 17.7 Å². The van der Waals surface area contributed by atoms with Gasteiger partial charge in [0.25, 0.3) is 0 Å². The number of thioether (sulfide) groups is 1. The molecule has 0 saturated carbocycles. The van der Waals surface area contributed by atoms with Crippen molar-refractivity contribution in [2.75, 3.05) is 5.75 Å². The Kier molecular flexibility index (Phi) is 5.52. The first-order chi connectivity index (χ1) is 11.8. The van der Waals surface area contributed by atoms with Crippen LogP contribution < -0.4 is 0 Å². The van der Waals surface area contributed by atoms with Crippen LogP contribution in [0.3, 0.4) is 0 Å². The third-order valence-corrected chi connectivity index (χ3v) is 3.96. The molecule has 0 spiro atoms. The molecule has 0 aliphatic heterocycles.